The number of hydrogen-bond acceptors (Lipinski definition) is 6. The molecule has 16 heavy (non-hydrogen) atoms. The van der Waals surface area contributed by atoms with Gasteiger partial charge in [-0.25, -0.2) is 4.98 Å². The summed E-state index contributed by atoms with van der Waals surface area (Å²) in [5, 5.41) is 9.07. The second-order valence-corrected chi connectivity index (χ2v) is 3.86. The number of nitrogen functional groups attached to an aromatic ring is 1. The SMILES string of the molecule is Cc1cnc(N)nc1N1CCOC(CO)C1. The molecule has 0 spiro atoms. The number of aliphatic hydroxyl groups excluding tert-OH is 1. The smallest absolute Gasteiger partial charge is 0.221 e. The average molecular weight is 224 g/mol. The third kappa shape index (κ3) is 2.23. The Morgan fingerprint density at radius 3 is 3.25 bits per heavy atom. The van der Waals surface area contributed by atoms with Gasteiger partial charge in [0.25, 0.3) is 0 Å². The van der Waals surface area contributed by atoms with Crippen molar-refractivity contribution < 1.29 is 9.84 Å². The predicted molar refractivity (Wildman–Crippen MR) is 60.2 cm³/mol. The van der Waals surface area contributed by atoms with Crippen molar-refractivity contribution in [2.45, 2.75) is 13.0 Å². The molecule has 1 aliphatic heterocycles. The first-order valence-corrected chi connectivity index (χ1v) is 5.27. The van der Waals surface area contributed by atoms with E-state index in [4.69, 9.17) is 15.6 Å². The number of rotatable bonds is 2. The Kier molecular flexibility index (Phi) is 3.21. The van der Waals surface area contributed by atoms with Crippen LogP contribution in [0.15, 0.2) is 6.20 Å². The fourth-order valence-corrected chi connectivity index (χ4v) is 1.79. The highest BCUT2D eigenvalue weighted by molar-refractivity contribution is 5.48. The fourth-order valence-electron chi connectivity index (χ4n) is 1.79. The molecule has 1 unspecified atom stereocenters. The lowest BCUT2D eigenvalue weighted by Gasteiger charge is -2.33. The Bertz CT molecular complexity index is 372. The van der Waals surface area contributed by atoms with Crippen LogP contribution in [0, 0.1) is 6.92 Å². The summed E-state index contributed by atoms with van der Waals surface area (Å²) in [6.07, 6.45) is 1.56. The molecule has 1 saturated heterocycles. The Morgan fingerprint density at radius 1 is 1.69 bits per heavy atom. The van der Waals surface area contributed by atoms with Crippen LogP contribution in [0.3, 0.4) is 0 Å². The van der Waals surface area contributed by atoms with Gasteiger partial charge in [-0.3, -0.25) is 0 Å². The Hall–Kier alpha value is -1.40. The lowest BCUT2D eigenvalue weighted by atomic mass is 10.2. The molecule has 2 rings (SSSR count). The summed E-state index contributed by atoms with van der Waals surface area (Å²) >= 11 is 0. The van der Waals surface area contributed by atoms with Crippen molar-refractivity contribution in [3.05, 3.63) is 11.8 Å². The van der Waals surface area contributed by atoms with Crippen molar-refractivity contribution in [1.82, 2.24) is 9.97 Å². The normalized spacial score (nSPS) is 21.1. The number of hydrogen-bond donors (Lipinski definition) is 2. The first-order chi connectivity index (χ1) is 7.70. The van der Waals surface area contributed by atoms with Crippen LogP contribution in [-0.2, 0) is 4.74 Å². The molecule has 0 saturated carbocycles. The highest BCUT2D eigenvalue weighted by Crippen LogP contribution is 2.19. The van der Waals surface area contributed by atoms with Crippen molar-refractivity contribution in [3.8, 4) is 0 Å². The molecule has 1 fully saturated rings. The third-order valence-electron chi connectivity index (χ3n) is 2.61. The van der Waals surface area contributed by atoms with Crippen LogP contribution >= 0.6 is 0 Å². The average Bonchev–Trinajstić information content (AvgIpc) is 2.32. The zero-order chi connectivity index (χ0) is 11.5. The van der Waals surface area contributed by atoms with E-state index in [0.29, 0.717) is 13.2 Å². The monoisotopic (exact) mass is 224 g/mol. The molecule has 0 bridgehead atoms. The molecule has 0 amide bonds. The largest absolute Gasteiger partial charge is 0.394 e. The van der Waals surface area contributed by atoms with Crippen LogP contribution in [0.4, 0.5) is 11.8 Å². The lowest BCUT2D eigenvalue weighted by Crippen LogP contribution is -2.44. The number of nitrogens with zero attached hydrogens (tertiary/aromatic N) is 3. The first-order valence-electron chi connectivity index (χ1n) is 5.27. The van der Waals surface area contributed by atoms with E-state index >= 15 is 0 Å². The molecule has 1 aliphatic rings. The van der Waals surface area contributed by atoms with Crippen molar-refractivity contribution in [1.29, 1.82) is 0 Å². The molecular formula is C10H16N4O2. The van der Waals surface area contributed by atoms with E-state index in [0.717, 1.165) is 17.9 Å². The zero-order valence-electron chi connectivity index (χ0n) is 9.26. The molecule has 0 radical (unpaired) electrons. The molecular weight excluding hydrogens is 208 g/mol. The van der Waals surface area contributed by atoms with Crippen LogP contribution < -0.4 is 10.6 Å². The molecule has 2 heterocycles. The standard InChI is InChI=1S/C10H16N4O2/c1-7-4-12-10(11)13-9(7)14-2-3-16-8(5-14)6-15/h4,8,15H,2-3,5-6H2,1H3,(H2,11,12,13). The number of aromatic nitrogens is 2. The van der Waals surface area contributed by atoms with Crippen molar-refractivity contribution in [2.75, 3.05) is 36.9 Å². The Balaban J connectivity index is 2.19. The van der Waals surface area contributed by atoms with E-state index < -0.39 is 0 Å². The summed E-state index contributed by atoms with van der Waals surface area (Å²) in [4.78, 5) is 10.2. The highest BCUT2D eigenvalue weighted by Gasteiger charge is 2.22. The molecule has 1 aromatic rings. The number of aliphatic hydroxyl groups is 1. The van der Waals surface area contributed by atoms with Gasteiger partial charge in [-0.05, 0) is 6.92 Å². The summed E-state index contributed by atoms with van der Waals surface area (Å²) in [7, 11) is 0. The molecule has 6 heteroatoms. The van der Waals surface area contributed by atoms with Gasteiger partial charge in [-0.1, -0.05) is 0 Å². The summed E-state index contributed by atoms with van der Waals surface area (Å²) in [5.74, 6) is 1.10. The summed E-state index contributed by atoms with van der Waals surface area (Å²) in [5.41, 5.74) is 6.55. The van der Waals surface area contributed by atoms with Crippen LogP contribution in [0.25, 0.3) is 0 Å². The van der Waals surface area contributed by atoms with Crippen molar-refractivity contribution in [3.63, 3.8) is 0 Å². The van der Waals surface area contributed by atoms with E-state index in [1.807, 2.05) is 6.92 Å². The van der Waals surface area contributed by atoms with E-state index in [1.165, 1.54) is 0 Å². The highest BCUT2D eigenvalue weighted by atomic mass is 16.5. The second kappa shape index (κ2) is 4.63. The minimum Gasteiger partial charge on any atom is -0.394 e. The van der Waals surface area contributed by atoms with Crippen molar-refractivity contribution in [2.24, 2.45) is 0 Å². The van der Waals surface area contributed by atoms with Gasteiger partial charge < -0.3 is 20.5 Å². The van der Waals surface area contributed by atoms with Gasteiger partial charge in [-0.2, -0.15) is 4.98 Å². The van der Waals surface area contributed by atoms with Crippen molar-refractivity contribution >= 4 is 11.8 Å². The van der Waals surface area contributed by atoms with Crippen LogP contribution in [0.5, 0.6) is 0 Å². The molecule has 1 aromatic heterocycles. The fraction of sp³-hybridized carbons (Fsp3) is 0.600. The van der Waals surface area contributed by atoms with Gasteiger partial charge in [0, 0.05) is 24.8 Å². The number of nitrogens with two attached hydrogens (primary N) is 1. The summed E-state index contributed by atoms with van der Waals surface area (Å²) in [6.45, 7) is 3.95. The van der Waals surface area contributed by atoms with Gasteiger partial charge in [-0.15, -0.1) is 0 Å². The molecule has 0 aliphatic carbocycles. The minimum atomic E-state index is -0.149. The van der Waals surface area contributed by atoms with Crippen LogP contribution in [0.2, 0.25) is 0 Å². The number of ether oxygens (including phenoxy) is 1. The summed E-state index contributed by atoms with van der Waals surface area (Å²) in [6, 6.07) is 0. The Labute approximate surface area is 94.1 Å². The Morgan fingerprint density at radius 2 is 2.50 bits per heavy atom. The maximum absolute atomic E-state index is 9.07. The summed E-state index contributed by atoms with van der Waals surface area (Å²) < 4.78 is 5.38. The van der Waals surface area contributed by atoms with Crippen LogP contribution in [0.1, 0.15) is 5.56 Å². The van der Waals surface area contributed by atoms with E-state index in [-0.39, 0.29) is 18.7 Å². The third-order valence-corrected chi connectivity index (χ3v) is 2.61. The number of morpholine rings is 1. The molecule has 88 valence electrons. The number of aryl methyl sites for hydroxylation is 1. The first kappa shape index (κ1) is 11.1. The topological polar surface area (TPSA) is 84.5 Å². The number of anilines is 2. The predicted octanol–water partition coefficient (Wildman–Crippen LogP) is -0.435. The van der Waals surface area contributed by atoms with Crippen LogP contribution in [-0.4, -0.2) is 47.5 Å². The maximum Gasteiger partial charge on any atom is 0.221 e. The van der Waals surface area contributed by atoms with Gasteiger partial charge in [0.2, 0.25) is 5.95 Å². The van der Waals surface area contributed by atoms with E-state index in [9.17, 15) is 0 Å². The van der Waals surface area contributed by atoms with Gasteiger partial charge in [0.15, 0.2) is 0 Å². The van der Waals surface area contributed by atoms with Gasteiger partial charge in [0.1, 0.15) is 5.82 Å². The minimum absolute atomic E-state index is 0.0239. The molecule has 0 aromatic carbocycles. The maximum atomic E-state index is 9.07. The second-order valence-electron chi connectivity index (χ2n) is 3.86. The quantitative estimate of drug-likeness (QED) is 0.708. The van der Waals surface area contributed by atoms with Gasteiger partial charge >= 0.3 is 0 Å². The van der Waals surface area contributed by atoms with E-state index in [1.54, 1.807) is 6.20 Å². The molecule has 1 atom stereocenters. The molecule has 6 nitrogen and oxygen atoms in total. The molecule has 3 N–H and O–H groups in total. The van der Waals surface area contributed by atoms with Gasteiger partial charge in [0.05, 0.1) is 19.3 Å². The zero-order valence-corrected chi connectivity index (χ0v) is 9.26. The van der Waals surface area contributed by atoms with E-state index in [2.05, 4.69) is 14.9 Å². The lowest BCUT2D eigenvalue weighted by molar-refractivity contribution is 0.00333.